The molecular formula is C15H13Cl3O2. The maximum absolute atomic E-state index is 9.49. The summed E-state index contributed by atoms with van der Waals surface area (Å²) in [5.74, 6) is 0.520. The standard InChI is InChI=1S/C15H13Cl3O2/c1-9(19)10-5-6-15(14(18)7-10)20-8-11-12(16)3-2-4-13(11)17/h2-7,9,19H,8H2,1H3/t9-/m1/s1. The fourth-order valence-corrected chi connectivity index (χ4v) is 2.46. The zero-order chi connectivity index (χ0) is 14.7. The Kier molecular flexibility index (Phi) is 5.17. The normalized spacial score (nSPS) is 12.2. The van der Waals surface area contributed by atoms with Gasteiger partial charge in [0.15, 0.2) is 0 Å². The quantitative estimate of drug-likeness (QED) is 0.826. The van der Waals surface area contributed by atoms with Gasteiger partial charge < -0.3 is 9.84 Å². The molecule has 2 rings (SSSR count). The first-order chi connectivity index (χ1) is 9.49. The Balaban J connectivity index is 2.15. The van der Waals surface area contributed by atoms with Crippen LogP contribution < -0.4 is 4.74 Å². The molecule has 0 aliphatic carbocycles. The Hall–Kier alpha value is -0.930. The molecule has 0 heterocycles. The zero-order valence-corrected chi connectivity index (χ0v) is 13.0. The van der Waals surface area contributed by atoms with Gasteiger partial charge in [-0.25, -0.2) is 0 Å². The van der Waals surface area contributed by atoms with E-state index in [2.05, 4.69) is 0 Å². The summed E-state index contributed by atoms with van der Waals surface area (Å²) in [5, 5.41) is 11.0. The summed E-state index contributed by atoms with van der Waals surface area (Å²) in [6, 6.07) is 10.4. The van der Waals surface area contributed by atoms with Crippen LogP contribution in [0.3, 0.4) is 0 Å². The van der Waals surface area contributed by atoms with Crippen LogP contribution in [0.25, 0.3) is 0 Å². The van der Waals surface area contributed by atoms with Crippen molar-refractivity contribution in [3.63, 3.8) is 0 Å². The first-order valence-electron chi connectivity index (χ1n) is 6.02. The summed E-state index contributed by atoms with van der Waals surface area (Å²) in [6.45, 7) is 1.90. The average Bonchev–Trinajstić information content (AvgIpc) is 2.39. The highest BCUT2D eigenvalue weighted by atomic mass is 35.5. The first-order valence-corrected chi connectivity index (χ1v) is 7.15. The van der Waals surface area contributed by atoms with Crippen LogP contribution in [-0.2, 0) is 6.61 Å². The van der Waals surface area contributed by atoms with Crippen LogP contribution in [0.15, 0.2) is 36.4 Å². The molecule has 2 nitrogen and oxygen atoms in total. The SMILES string of the molecule is C[C@@H](O)c1ccc(OCc2c(Cl)cccc2Cl)c(Cl)c1. The maximum atomic E-state index is 9.49. The van der Waals surface area contributed by atoms with Crippen LogP contribution >= 0.6 is 34.8 Å². The number of halogens is 3. The van der Waals surface area contributed by atoms with E-state index in [0.717, 1.165) is 5.56 Å². The summed E-state index contributed by atoms with van der Waals surface area (Å²) in [4.78, 5) is 0. The molecule has 1 atom stereocenters. The molecule has 0 fully saturated rings. The minimum atomic E-state index is -0.570. The predicted molar refractivity (Wildman–Crippen MR) is 82.9 cm³/mol. The van der Waals surface area contributed by atoms with Crippen molar-refractivity contribution in [2.45, 2.75) is 19.6 Å². The van der Waals surface area contributed by atoms with Gasteiger partial charge in [0.05, 0.1) is 11.1 Å². The Morgan fingerprint density at radius 3 is 2.25 bits per heavy atom. The molecule has 0 unspecified atom stereocenters. The molecule has 0 saturated carbocycles. The molecule has 0 aromatic heterocycles. The van der Waals surface area contributed by atoms with E-state index >= 15 is 0 Å². The Labute approximate surface area is 132 Å². The van der Waals surface area contributed by atoms with Crippen LogP contribution in [0.5, 0.6) is 5.75 Å². The highest BCUT2D eigenvalue weighted by molar-refractivity contribution is 6.36. The third kappa shape index (κ3) is 3.58. The lowest BCUT2D eigenvalue weighted by Gasteiger charge is -2.12. The van der Waals surface area contributed by atoms with Crippen molar-refractivity contribution >= 4 is 34.8 Å². The second-order valence-corrected chi connectivity index (χ2v) is 5.58. The fourth-order valence-electron chi connectivity index (χ4n) is 1.71. The highest BCUT2D eigenvalue weighted by Crippen LogP contribution is 2.30. The van der Waals surface area contributed by atoms with Crippen molar-refractivity contribution in [1.29, 1.82) is 0 Å². The summed E-state index contributed by atoms with van der Waals surface area (Å²) in [7, 11) is 0. The van der Waals surface area contributed by atoms with Crippen molar-refractivity contribution in [3.05, 3.63) is 62.6 Å². The van der Waals surface area contributed by atoms with Gasteiger partial charge >= 0.3 is 0 Å². The lowest BCUT2D eigenvalue weighted by Crippen LogP contribution is -1.99. The van der Waals surface area contributed by atoms with Crippen LogP contribution in [0.1, 0.15) is 24.2 Å². The molecule has 2 aromatic carbocycles. The van der Waals surface area contributed by atoms with Crippen molar-refractivity contribution in [3.8, 4) is 5.75 Å². The number of hydrogen-bond acceptors (Lipinski definition) is 2. The molecule has 0 saturated heterocycles. The van der Waals surface area contributed by atoms with Crippen molar-refractivity contribution in [2.75, 3.05) is 0 Å². The minimum Gasteiger partial charge on any atom is -0.487 e. The van der Waals surface area contributed by atoms with Gasteiger partial charge in [-0.3, -0.25) is 0 Å². The molecule has 20 heavy (non-hydrogen) atoms. The Bertz CT molecular complexity index is 592. The second-order valence-electron chi connectivity index (χ2n) is 4.35. The molecule has 0 amide bonds. The lowest BCUT2D eigenvalue weighted by atomic mass is 10.1. The highest BCUT2D eigenvalue weighted by Gasteiger charge is 2.10. The molecule has 106 valence electrons. The topological polar surface area (TPSA) is 29.5 Å². The summed E-state index contributed by atoms with van der Waals surface area (Å²) >= 11 is 18.3. The molecule has 0 aliphatic rings. The summed E-state index contributed by atoms with van der Waals surface area (Å²) in [6.07, 6.45) is -0.570. The average molecular weight is 332 g/mol. The molecule has 0 bridgehead atoms. The van der Waals surface area contributed by atoms with E-state index < -0.39 is 6.10 Å². The fraction of sp³-hybridized carbons (Fsp3) is 0.200. The van der Waals surface area contributed by atoms with E-state index in [-0.39, 0.29) is 6.61 Å². The maximum Gasteiger partial charge on any atom is 0.138 e. The predicted octanol–water partition coefficient (Wildman–Crippen LogP) is 5.28. The van der Waals surface area contributed by atoms with E-state index in [9.17, 15) is 5.11 Å². The van der Waals surface area contributed by atoms with Crippen LogP contribution in [-0.4, -0.2) is 5.11 Å². The lowest BCUT2D eigenvalue weighted by molar-refractivity contribution is 0.199. The molecule has 1 N–H and O–H groups in total. The van der Waals surface area contributed by atoms with Crippen LogP contribution in [0.2, 0.25) is 15.1 Å². The van der Waals surface area contributed by atoms with Gasteiger partial charge in [0.25, 0.3) is 0 Å². The van der Waals surface area contributed by atoms with Crippen molar-refractivity contribution in [2.24, 2.45) is 0 Å². The van der Waals surface area contributed by atoms with E-state index in [1.165, 1.54) is 0 Å². The first kappa shape index (κ1) is 15.5. The largest absolute Gasteiger partial charge is 0.487 e. The smallest absolute Gasteiger partial charge is 0.138 e. The van der Waals surface area contributed by atoms with Gasteiger partial charge in [0, 0.05) is 15.6 Å². The molecule has 5 heteroatoms. The van der Waals surface area contributed by atoms with Gasteiger partial charge in [-0.1, -0.05) is 46.9 Å². The third-order valence-corrected chi connectivity index (χ3v) is 3.88. The molecule has 0 aliphatic heterocycles. The molecule has 0 spiro atoms. The number of benzene rings is 2. The van der Waals surface area contributed by atoms with Crippen LogP contribution in [0, 0.1) is 0 Å². The van der Waals surface area contributed by atoms with Gasteiger partial charge in [-0.15, -0.1) is 0 Å². The third-order valence-electron chi connectivity index (χ3n) is 2.87. The summed E-state index contributed by atoms with van der Waals surface area (Å²) < 4.78 is 5.64. The number of ether oxygens (including phenoxy) is 1. The van der Waals surface area contributed by atoms with Gasteiger partial charge in [0.1, 0.15) is 12.4 Å². The van der Waals surface area contributed by atoms with E-state index in [1.807, 2.05) is 0 Å². The number of hydrogen-bond donors (Lipinski definition) is 1. The van der Waals surface area contributed by atoms with E-state index in [0.29, 0.717) is 26.4 Å². The zero-order valence-electron chi connectivity index (χ0n) is 10.7. The second kappa shape index (κ2) is 6.68. The Morgan fingerprint density at radius 1 is 1.05 bits per heavy atom. The van der Waals surface area contributed by atoms with Gasteiger partial charge in [0.2, 0.25) is 0 Å². The molecular weight excluding hydrogens is 319 g/mol. The number of rotatable bonds is 4. The van der Waals surface area contributed by atoms with E-state index in [1.54, 1.807) is 43.3 Å². The van der Waals surface area contributed by atoms with Gasteiger partial charge in [-0.05, 0) is 36.8 Å². The van der Waals surface area contributed by atoms with Gasteiger partial charge in [-0.2, -0.15) is 0 Å². The van der Waals surface area contributed by atoms with Crippen LogP contribution in [0.4, 0.5) is 0 Å². The molecule has 2 aromatic rings. The molecule has 0 radical (unpaired) electrons. The number of aliphatic hydroxyl groups excluding tert-OH is 1. The number of aliphatic hydroxyl groups is 1. The van der Waals surface area contributed by atoms with Crippen molar-refractivity contribution in [1.82, 2.24) is 0 Å². The minimum absolute atomic E-state index is 0.228. The Morgan fingerprint density at radius 2 is 1.70 bits per heavy atom. The summed E-state index contributed by atoms with van der Waals surface area (Å²) in [5.41, 5.74) is 1.45. The van der Waals surface area contributed by atoms with E-state index in [4.69, 9.17) is 39.5 Å². The van der Waals surface area contributed by atoms with Crippen molar-refractivity contribution < 1.29 is 9.84 Å². The monoisotopic (exact) mass is 330 g/mol.